The van der Waals surface area contributed by atoms with E-state index in [1.165, 1.54) is 0 Å². The minimum atomic E-state index is -0.553. The van der Waals surface area contributed by atoms with Crippen LogP contribution < -0.4 is 10.6 Å². The molecule has 1 aliphatic heterocycles. The van der Waals surface area contributed by atoms with Gasteiger partial charge in [0.15, 0.2) is 0 Å². The van der Waals surface area contributed by atoms with Crippen LogP contribution >= 0.6 is 0 Å². The van der Waals surface area contributed by atoms with Crippen LogP contribution in [-0.2, 0) is 11.2 Å². The Morgan fingerprint density at radius 3 is 2.65 bits per heavy atom. The molecule has 2 unspecified atom stereocenters. The van der Waals surface area contributed by atoms with Crippen molar-refractivity contribution in [2.45, 2.75) is 38.3 Å². The molecule has 0 bridgehead atoms. The predicted molar refractivity (Wildman–Crippen MR) is 79.4 cm³/mol. The van der Waals surface area contributed by atoms with Crippen LogP contribution in [0, 0.1) is 5.92 Å². The van der Waals surface area contributed by atoms with Crippen molar-refractivity contribution in [3.05, 3.63) is 35.9 Å². The highest BCUT2D eigenvalue weighted by molar-refractivity contribution is 5.79. The highest BCUT2D eigenvalue weighted by Gasteiger charge is 2.24. The molecule has 0 aliphatic carbocycles. The van der Waals surface area contributed by atoms with Crippen molar-refractivity contribution in [3.63, 3.8) is 0 Å². The van der Waals surface area contributed by atoms with Gasteiger partial charge in [-0.15, -0.1) is 0 Å². The molecule has 1 heterocycles. The number of benzene rings is 1. The average Bonchev–Trinajstić information content (AvgIpc) is 2.49. The fraction of sp³-hybridized carbons (Fsp3) is 0.562. The minimum absolute atomic E-state index is 0.0751. The molecule has 2 rings (SSSR count). The van der Waals surface area contributed by atoms with Gasteiger partial charge in [0.1, 0.15) is 0 Å². The number of aliphatic hydroxyl groups excluding tert-OH is 1. The van der Waals surface area contributed by atoms with Gasteiger partial charge in [0.2, 0.25) is 5.91 Å². The topological polar surface area (TPSA) is 61.4 Å². The van der Waals surface area contributed by atoms with Crippen molar-refractivity contribution < 1.29 is 9.90 Å². The third-order valence-corrected chi connectivity index (χ3v) is 3.94. The van der Waals surface area contributed by atoms with E-state index in [4.69, 9.17) is 0 Å². The summed E-state index contributed by atoms with van der Waals surface area (Å²) in [4.78, 5) is 12.1. The predicted octanol–water partition coefficient (Wildman–Crippen LogP) is 1.09. The zero-order chi connectivity index (χ0) is 14.4. The lowest BCUT2D eigenvalue weighted by molar-refractivity contribution is -0.127. The fourth-order valence-electron chi connectivity index (χ4n) is 2.55. The zero-order valence-corrected chi connectivity index (χ0v) is 12.0. The van der Waals surface area contributed by atoms with E-state index in [2.05, 4.69) is 10.6 Å². The van der Waals surface area contributed by atoms with Gasteiger partial charge < -0.3 is 15.7 Å². The summed E-state index contributed by atoms with van der Waals surface area (Å²) in [5, 5.41) is 16.4. The fourth-order valence-corrected chi connectivity index (χ4v) is 2.55. The third-order valence-electron chi connectivity index (χ3n) is 3.94. The molecule has 0 saturated carbocycles. The van der Waals surface area contributed by atoms with E-state index < -0.39 is 6.10 Å². The van der Waals surface area contributed by atoms with Gasteiger partial charge in [-0.25, -0.2) is 0 Å². The Balaban J connectivity index is 1.81. The summed E-state index contributed by atoms with van der Waals surface area (Å²) >= 11 is 0. The van der Waals surface area contributed by atoms with Crippen molar-refractivity contribution >= 4 is 5.91 Å². The normalized spacial score (nSPS) is 19.3. The van der Waals surface area contributed by atoms with Crippen molar-refractivity contribution in [1.82, 2.24) is 10.6 Å². The molecular weight excluding hydrogens is 252 g/mol. The molecule has 110 valence electrons. The van der Waals surface area contributed by atoms with E-state index >= 15 is 0 Å². The van der Waals surface area contributed by atoms with Crippen molar-refractivity contribution in [1.29, 1.82) is 0 Å². The van der Waals surface area contributed by atoms with Crippen molar-refractivity contribution in [2.75, 3.05) is 13.1 Å². The molecule has 1 fully saturated rings. The molecule has 1 aromatic rings. The van der Waals surface area contributed by atoms with E-state index in [9.17, 15) is 9.90 Å². The number of rotatable bonds is 5. The monoisotopic (exact) mass is 276 g/mol. The first-order chi connectivity index (χ1) is 9.66. The molecule has 1 amide bonds. The summed E-state index contributed by atoms with van der Waals surface area (Å²) in [7, 11) is 0. The number of carbonyl (C=O) groups excluding carboxylic acids is 1. The lowest BCUT2D eigenvalue weighted by Crippen LogP contribution is -2.46. The summed E-state index contributed by atoms with van der Waals surface area (Å²) < 4.78 is 0. The Hall–Kier alpha value is -1.39. The number of carbonyl (C=O) groups is 1. The van der Waals surface area contributed by atoms with Gasteiger partial charge >= 0.3 is 0 Å². The molecule has 0 aromatic heterocycles. The van der Waals surface area contributed by atoms with Crippen LogP contribution in [0.4, 0.5) is 0 Å². The summed E-state index contributed by atoms with van der Waals surface area (Å²) in [5.41, 5.74) is 1.09. The van der Waals surface area contributed by atoms with Crippen LogP contribution in [0.25, 0.3) is 0 Å². The number of aliphatic hydroxyl groups is 1. The SMILES string of the molecule is CC(NC(=O)C1CCNCC1)C(O)Cc1ccccc1. The van der Waals surface area contributed by atoms with Gasteiger partial charge in [0.05, 0.1) is 12.1 Å². The van der Waals surface area contributed by atoms with Gasteiger partial charge in [0.25, 0.3) is 0 Å². The van der Waals surface area contributed by atoms with Crippen molar-refractivity contribution in [2.24, 2.45) is 5.92 Å². The van der Waals surface area contributed by atoms with E-state index in [1.54, 1.807) is 0 Å². The molecule has 0 radical (unpaired) electrons. The quantitative estimate of drug-likeness (QED) is 0.754. The van der Waals surface area contributed by atoms with Gasteiger partial charge in [0, 0.05) is 12.3 Å². The van der Waals surface area contributed by atoms with Crippen molar-refractivity contribution in [3.8, 4) is 0 Å². The van der Waals surface area contributed by atoms with Gasteiger partial charge in [-0.2, -0.15) is 0 Å². The Bertz CT molecular complexity index is 416. The molecule has 1 aromatic carbocycles. The van der Waals surface area contributed by atoms with Crippen LogP contribution in [0.3, 0.4) is 0 Å². The van der Waals surface area contributed by atoms with Crippen LogP contribution in [0.2, 0.25) is 0 Å². The Morgan fingerprint density at radius 1 is 1.35 bits per heavy atom. The molecule has 0 spiro atoms. The maximum atomic E-state index is 12.1. The maximum Gasteiger partial charge on any atom is 0.223 e. The van der Waals surface area contributed by atoms with Crippen LogP contribution in [0.1, 0.15) is 25.3 Å². The second kappa shape index (κ2) is 7.41. The first-order valence-corrected chi connectivity index (χ1v) is 7.40. The van der Waals surface area contributed by atoms with E-state index in [-0.39, 0.29) is 17.9 Å². The highest BCUT2D eigenvalue weighted by Crippen LogP contribution is 2.13. The van der Waals surface area contributed by atoms with Gasteiger partial charge in [-0.1, -0.05) is 30.3 Å². The van der Waals surface area contributed by atoms with E-state index in [1.807, 2.05) is 37.3 Å². The van der Waals surface area contributed by atoms with Gasteiger partial charge in [-0.05, 0) is 38.4 Å². The Kier molecular flexibility index (Phi) is 5.56. The second-order valence-electron chi connectivity index (χ2n) is 5.58. The Labute approximate surface area is 120 Å². The summed E-state index contributed by atoms with van der Waals surface area (Å²) in [6.07, 6.45) is 1.78. The lowest BCUT2D eigenvalue weighted by Gasteiger charge is -2.26. The third kappa shape index (κ3) is 4.32. The number of amides is 1. The Morgan fingerprint density at radius 2 is 2.00 bits per heavy atom. The number of hydrogen-bond acceptors (Lipinski definition) is 3. The smallest absolute Gasteiger partial charge is 0.223 e. The molecule has 2 atom stereocenters. The lowest BCUT2D eigenvalue weighted by atomic mass is 9.96. The number of piperidine rings is 1. The molecule has 4 heteroatoms. The summed E-state index contributed by atoms with van der Waals surface area (Å²) in [6, 6.07) is 9.63. The summed E-state index contributed by atoms with van der Waals surface area (Å²) in [6.45, 7) is 3.67. The van der Waals surface area contributed by atoms with Crippen LogP contribution in [-0.4, -0.2) is 36.2 Å². The average molecular weight is 276 g/mol. The minimum Gasteiger partial charge on any atom is -0.391 e. The molecule has 3 N–H and O–H groups in total. The van der Waals surface area contributed by atoms with Crippen LogP contribution in [0.15, 0.2) is 30.3 Å². The molecule has 1 aliphatic rings. The number of nitrogens with one attached hydrogen (secondary N) is 2. The molecule has 1 saturated heterocycles. The first-order valence-electron chi connectivity index (χ1n) is 7.40. The molecular formula is C16H24N2O2. The molecule has 20 heavy (non-hydrogen) atoms. The van der Waals surface area contributed by atoms with Crippen LogP contribution in [0.5, 0.6) is 0 Å². The zero-order valence-electron chi connectivity index (χ0n) is 12.0. The first kappa shape index (κ1) is 15.0. The van der Waals surface area contributed by atoms with E-state index in [0.717, 1.165) is 31.5 Å². The van der Waals surface area contributed by atoms with E-state index in [0.29, 0.717) is 6.42 Å². The van der Waals surface area contributed by atoms with Gasteiger partial charge in [-0.3, -0.25) is 4.79 Å². The standard InChI is InChI=1S/C16H24N2O2/c1-12(15(19)11-13-5-3-2-4-6-13)18-16(20)14-7-9-17-10-8-14/h2-6,12,14-15,17,19H,7-11H2,1H3,(H,18,20). The number of hydrogen-bond donors (Lipinski definition) is 3. The maximum absolute atomic E-state index is 12.1. The molecule has 4 nitrogen and oxygen atoms in total. The largest absolute Gasteiger partial charge is 0.391 e. The second-order valence-corrected chi connectivity index (χ2v) is 5.58. The highest BCUT2D eigenvalue weighted by atomic mass is 16.3. The summed E-state index contributed by atoms with van der Waals surface area (Å²) in [5.74, 6) is 0.161.